The van der Waals surface area contributed by atoms with Crippen LogP contribution in [0.5, 0.6) is 0 Å². The number of hydrogen-bond acceptors (Lipinski definition) is 10. The Morgan fingerprint density at radius 3 is 0.673 bits per heavy atom. The minimum atomic E-state index is -5.17. The fraction of sp³-hybridized carbons (Fsp3) is 1.00. The summed E-state index contributed by atoms with van der Waals surface area (Å²) in [5.41, 5.74) is 0. The molecule has 0 aliphatic rings. The average molecular weight is 733 g/mol. The van der Waals surface area contributed by atoms with Gasteiger partial charge in [-0.1, -0.05) is 117 Å². The van der Waals surface area contributed by atoms with Gasteiger partial charge in [-0.3, -0.25) is 8.42 Å². The third-order valence-electron chi connectivity index (χ3n) is 7.53. The van der Waals surface area contributed by atoms with Crippen molar-refractivity contribution in [3.05, 3.63) is 0 Å². The summed E-state index contributed by atoms with van der Waals surface area (Å²) < 4.78 is 34.1. The molecule has 0 N–H and O–H groups in total. The van der Waals surface area contributed by atoms with Crippen molar-refractivity contribution >= 4 is 10.4 Å². The Morgan fingerprint density at radius 2 is 0.510 bits per heavy atom. The highest BCUT2D eigenvalue weighted by Gasteiger charge is 2.34. The molecule has 0 aromatic heterocycles. The van der Waals surface area contributed by atoms with Gasteiger partial charge in [-0.15, -0.1) is 29.0 Å². The van der Waals surface area contributed by atoms with Crippen LogP contribution < -0.4 is 0 Å². The molecule has 0 amide bonds. The van der Waals surface area contributed by atoms with Crippen molar-refractivity contribution in [2.24, 2.45) is 0 Å². The van der Waals surface area contributed by atoms with E-state index in [-0.39, 0.29) is 9.95 Å². The monoisotopic (exact) mass is 733 g/mol. The molecule has 0 atom stereocenters. The van der Waals surface area contributed by atoms with E-state index in [1.165, 1.54) is 116 Å². The molecule has 0 aliphatic carbocycles. The van der Waals surface area contributed by atoms with Gasteiger partial charge >= 0.3 is 0 Å². The maximum Gasteiger partial charge on any atom is 0.178 e. The van der Waals surface area contributed by atoms with Crippen molar-refractivity contribution in [3.8, 4) is 0 Å². The van der Waals surface area contributed by atoms with Crippen LogP contribution in [0.15, 0.2) is 0 Å². The molecule has 12 nitrogen and oxygen atoms in total. The molecule has 0 aromatic carbocycles. The number of unbranched alkanes of at least 4 members (excludes halogenated alkanes) is 18. The molecule has 300 valence electrons. The first kappa shape index (κ1) is 52.9. The predicted octanol–water partition coefficient (Wildman–Crippen LogP) is 9.82. The molecular formula is C36H80N2O10S. The zero-order valence-electron chi connectivity index (χ0n) is 33.2. The largest absolute Gasteiger partial charge is 0.759 e. The van der Waals surface area contributed by atoms with Crippen LogP contribution in [0.2, 0.25) is 0 Å². The molecular weight excluding hydrogens is 652 g/mol. The van der Waals surface area contributed by atoms with E-state index in [1.807, 2.05) is 41.5 Å². The molecule has 0 saturated carbocycles. The van der Waals surface area contributed by atoms with Gasteiger partial charge in [-0.05, 0) is 54.4 Å². The number of rotatable bonds is 34. The standard InChI is InChI=1S/2C18H40NO3.H2O4S/c2*1-5-9-10-11-12-13-14-15-16-17-18-19(20-6-2,21-7-3)22-8-4;1-5(2,3)4/h2*5-18H2,1-4H3;(H2,1,2,3,4)/q2*+1;/p-2. The fourth-order valence-corrected chi connectivity index (χ4v) is 5.38. The van der Waals surface area contributed by atoms with Crippen LogP contribution in [0.4, 0.5) is 0 Å². The summed E-state index contributed by atoms with van der Waals surface area (Å²) in [6, 6.07) is 0. The van der Waals surface area contributed by atoms with E-state index in [1.54, 1.807) is 0 Å². The lowest BCUT2D eigenvalue weighted by Gasteiger charge is -2.28. The highest BCUT2D eigenvalue weighted by Crippen LogP contribution is 2.18. The molecule has 0 aromatic rings. The van der Waals surface area contributed by atoms with Crippen molar-refractivity contribution in [3.63, 3.8) is 0 Å². The Labute approximate surface area is 303 Å². The molecule has 0 spiro atoms. The summed E-state index contributed by atoms with van der Waals surface area (Å²) in [6.07, 6.45) is 26.6. The predicted molar refractivity (Wildman–Crippen MR) is 194 cm³/mol. The van der Waals surface area contributed by atoms with Crippen LogP contribution in [-0.2, 0) is 39.4 Å². The topological polar surface area (TPSA) is 136 Å². The second-order valence-electron chi connectivity index (χ2n) is 11.9. The first-order chi connectivity index (χ1) is 23.5. The van der Waals surface area contributed by atoms with Crippen LogP contribution in [0.25, 0.3) is 0 Å². The van der Waals surface area contributed by atoms with Crippen LogP contribution in [0, 0.1) is 0 Å². The Morgan fingerprint density at radius 1 is 0.347 bits per heavy atom. The second kappa shape index (κ2) is 38.8. The summed E-state index contributed by atoms with van der Waals surface area (Å²) >= 11 is 0. The average Bonchev–Trinajstić information content (AvgIpc) is 3.03. The molecule has 0 aliphatic heterocycles. The van der Waals surface area contributed by atoms with Gasteiger partial charge in [0.05, 0.1) is 9.95 Å². The van der Waals surface area contributed by atoms with E-state index in [2.05, 4.69) is 13.8 Å². The maximum atomic E-state index is 8.52. The van der Waals surface area contributed by atoms with Crippen LogP contribution in [-0.4, -0.2) is 80.2 Å². The van der Waals surface area contributed by atoms with Gasteiger partial charge in [0.15, 0.2) is 13.1 Å². The summed E-state index contributed by atoms with van der Waals surface area (Å²) in [6.45, 7) is 21.5. The third-order valence-corrected chi connectivity index (χ3v) is 7.53. The molecule has 0 radical (unpaired) electrons. The van der Waals surface area contributed by atoms with Crippen LogP contribution in [0.3, 0.4) is 0 Å². The van der Waals surface area contributed by atoms with Gasteiger partial charge in [-0.25, -0.2) is 0 Å². The Kier molecular flexibility index (Phi) is 41.9. The second-order valence-corrected chi connectivity index (χ2v) is 12.8. The lowest BCUT2D eigenvalue weighted by atomic mass is 10.1. The molecule has 0 unspecified atom stereocenters. The Balaban J connectivity index is -0.000000757. The van der Waals surface area contributed by atoms with Crippen molar-refractivity contribution < 1.29 is 56.5 Å². The Bertz CT molecular complexity index is 659. The highest BCUT2D eigenvalue weighted by atomic mass is 32.3. The fourth-order valence-electron chi connectivity index (χ4n) is 5.38. The summed E-state index contributed by atoms with van der Waals surface area (Å²) in [7, 11) is -5.17. The van der Waals surface area contributed by atoms with E-state index < -0.39 is 10.4 Å². The van der Waals surface area contributed by atoms with Crippen LogP contribution in [0.1, 0.15) is 184 Å². The van der Waals surface area contributed by atoms with Gasteiger partial charge in [0.25, 0.3) is 0 Å². The first-order valence-electron chi connectivity index (χ1n) is 19.8. The van der Waals surface area contributed by atoms with Crippen LogP contribution >= 0.6 is 0 Å². The normalized spacial score (nSPS) is 12.0. The SMILES string of the molecule is CCCCCCCCCCCC[N+](OCC)(OCC)OCC.CCCCCCCCCCCC[N+](OCC)(OCC)OCC.O=S(=O)([O-])[O-]. The minimum absolute atomic E-state index is 0.0967. The molecule has 0 heterocycles. The van der Waals surface area contributed by atoms with E-state index in [0.29, 0.717) is 39.6 Å². The number of hydroxylamine groups is 6. The number of nitrogens with zero attached hydrogens (tertiary/aromatic N) is 2. The lowest BCUT2D eigenvalue weighted by molar-refractivity contribution is -1.37. The highest BCUT2D eigenvalue weighted by molar-refractivity contribution is 7.79. The zero-order valence-corrected chi connectivity index (χ0v) is 34.0. The number of hydrogen-bond donors (Lipinski definition) is 0. The summed E-state index contributed by atoms with van der Waals surface area (Å²) in [5, 5.41) is 0. The molecule has 13 heteroatoms. The van der Waals surface area contributed by atoms with Gasteiger partial charge in [-0.2, -0.15) is 0 Å². The van der Waals surface area contributed by atoms with Gasteiger partial charge in [0.2, 0.25) is 0 Å². The molecule has 0 saturated heterocycles. The van der Waals surface area contributed by atoms with Gasteiger partial charge in [0, 0.05) is 23.2 Å². The zero-order chi connectivity index (χ0) is 37.5. The van der Waals surface area contributed by atoms with Gasteiger partial charge in [0.1, 0.15) is 39.6 Å². The third kappa shape index (κ3) is 40.2. The maximum absolute atomic E-state index is 8.52. The van der Waals surface area contributed by atoms with E-state index in [9.17, 15) is 0 Å². The van der Waals surface area contributed by atoms with Gasteiger partial charge < -0.3 is 9.11 Å². The minimum Gasteiger partial charge on any atom is -0.759 e. The molecule has 0 fully saturated rings. The first-order valence-corrected chi connectivity index (χ1v) is 21.1. The molecule has 0 rings (SSSR count). The quantitative estimate of drug-likeness (QED) is 0.0207. The molecule has 49 heavy (non-hydrogen) atoms. The van der Waals surface area contributed by atoms with Crippen molar-refractivity contribution in [2.45, 2.75) is 184 Å². The summed E-state index contributed by atoms with van der Waals surface area (Å²) in [5.74, 6) is 0. The van der Waals surface area contributed by atoms with Crippen molar-refractivity contribution in [1.29, 1.82) is 0 Å². The summed E-state index contributed by atoms with van der Waals surface area (Å²) in [4.78, 5) is 33.9. The van der Waals surface area contributed by atoms with E-state index >= 15 is 0 Å². The van der Waals surface area contributed by atoms with E-state index in [0.717, 1.165) is 25.9 Å². The van der Waals surface area contributed by atoms with Crippen molar-refractivity contribution in [2.75, 3.05) is 52.7 Å². The number of quaternary nitrogens is 2. The smallest absolute Gasteiger partial charge is 0.178 e. The molecule has 0 bridgehead atoms. The van der Waals surface area contributed by atoms with Crippen molar-refractivity contribution in [1.82, 2.24) is 0 Å². The Hall–Kier alpha value is -0.450. The lowest BCUT2D eigenvalue weighted by Crippen LogP contribution is -2.48. The van der Waals surface area contributed by atoms with E-state index in [4.69, 9.17) is 46.5 Å².